The highest BCUT2D eigenvalue weighted by Crippen LogP contribution is 2.38. The molecule has 4 N–H and O–H groups in total. The lowest BCUT2D eigenvalue weighted by molar-refractivity contribution is -0.269. The molecule has 0 aliphatic carbocycles. The normalized spacial score (nSPS) is 35.0. The predicted molar refractivity (Wildman–Crippen MR) is 77.9 cm³/mol. The molecule has 1 aliphatic rings. The molecular formula is C15H28O7. The molecule has 0 aromatic heterocycles. The van der Waals surface area contributed by atoms with Gasteiger partial charge in [0.25, 0.3) is 5.79 Å². The molecule has 1 fully saturated rings. The summed E-state index contributed by atoms with van der Waals surface area (Å²) in [6.07, 6.45) is 2.72. The van der Waals surface area contributed by atoms with Crippen molar-refractivity contribution in [1.29, 1.82) is 0 Å². The first-order valence-electron chi connectivity index (χ1n) is 7.89. The SMILES string of the molecule is CCCCCCCCO[C@]1(O)[C@@H](CO)OC(O)(C(C)=O)[C@@H]1O. The summed E-state index contributed by atoms with van der Waals surface area (Å²) in [4.78, 5) is 11.4. The van der Waals surface area contributed by atoms with Crippen LogP contribution in [0.15, 0.2) is 0 Å². The fraction of sp³-hybridized carbons (Fsp3) is 0.933. The fourth-order valence-corrected chi connectivity index (χ4v) is 2.56. The maximum atomic E-state index is 11.4. The minimum absolute atomic E-state index is 0.132. The van der Waals surface area contributed by atoms with E-state index in [0.29, 0.717) is 6.42 Å². The highest BCUT2D eigenvalue weighted by atomic mass is 16.7. The lowest BCUT2D eigenvalue weighted by Crippen LogP contribution is -2.56. The number of hydrogen-bond acceptors (Lipinski definition) is 7. The molecule has 0 radical (unpaired) electrons. The largest absolute Gasteiger partial charge is 0.393 e. The summed E-state index contributed by atoms with van der Waals surface area (Å²) < 4.78 is 10.2. The molecule has 130 valence electrons. The molecule has 4 atom stereocenters. The van der Waals surface area contributed by atoms with Crippen LogP contribution in [0.4, 0.5) is 0 Å². The number of ketones is 1. The van der Waals surface area contributed by atoms with Gasteiger partial charge in [-0.05, 0) is 6.42 Å². The number of aliphatic hydroxyl groups is 4. The zero-order valence-electron chi connectivity index (χ0n) is 13.3. The zero-order valence-corrected chi connectivity index (χ0v) is 13.3. The lowest BCUT2D eigenvalue weighted by Gasteiger charge is -2.30. The highest BCUT2D eigenvalue weighted by Gasteiger charge is 2.66. The molecule has 0 amide bonds. The van der Waals surface area contributed by atoms with Crippen LogP contribution in [0, 0.1) is 0 Å². The number of Topliss-reactive ketones (excluding diaryl/α,β-unsaturated/α-hetero) is 1. The highest BCUT2D eigenvalue weighted by molar-refractivity contribution is 5.84. The monoisotopic (exact) mass is 320 g/mol. The summed E-state index contributed by atoms with van der Waals surface area (Å²) in [5, 5.41) is 39.6. The van der Waals surface area contributed by atoms with Gasteiger partial charge in [-0.15, -0.1) is 0 Å². The summed E-state index contributed by atoms with van der Waals surface area (Å²) in [5.41, 5.74) is 0. The number of ether oxygens (including phenoxy) is 2. The number of rotatable bonds is 10. The van der Waals surface area contributed by atoms with Crippen molar-refractivity contribution < 1.29 is 34.7 Å². The Bertz CT molecular complexity index is 362. The van der Waals surface area contributed by atoms with E-state index in [-0.39, 0.29) is 6.61 Å². The van der Waals surface area contributed by atoms with E-state index in [1.165, 1.54) is 6.42 Å². The third-order valence-electron chi connectivity index (χ3n) is 4.05. The number of hydrogen-bond donors (Lipinski definition) is 4. The second-order valence-electron chi connectivity index (χ2n) is 5.81. The van der Waals surface area contributed by atoms with Crippen LogP contribution in [0.5, 0.6) is 0 Å². The first kappa shape index (κ1) is 19.5. The van der Waals surface area contributed by atoms with Crippen LogP contribution in [-0.2, 0) is 14.3 Å². The van der Waals surface area contributed by atoms with Crippen molar-refractivity contribution in [1.82, 2.24) is 0 Å². The van der Waals surface area contributed by atoms with Gasteiger partial charge in [0.2, 0.25) is 5.79 Å². The Hall–Kier alpha value is -0.570. The number of carbonyl (C=O) groups excluding carboxylic acids is 1. The number of unbranched alkanes of at least 4 members (excludes halogenated alkanes) is 5. The number of aliphatic hydroxyl groups excluding tert-OH is 2. The molecule has 0 spiro atoms. The minimum atomic E-state index is -2.57. The van der Waals surface area contributed by atoms with Crippen molar-refractivity contribution in [3.8, 4) is 0 Å². The van der Waals surface area contributed by atoms with Gasteiger partial charge in [-0.25, -0.2) is 0 Å². The van der Waals surface area contributed by atoms with Crippen molar-refractivity contribution >= 4 is 5.78 Å². The molecule has 7 nitrogen and oxygen atoms in total. The van der Waals surface area contributed by atoms with Gasteiger partial charge in [0.15, 0.2) is 11.9 Å². The van der Waals surface area contributed by atoms with E-state index >= 15 is 0 Å². The van der Waals surface area contributed by atoms with Crippen LogP contribution in [0.2, 0.25) is 0 Å². The van der Waals surface area contributed by atoms with Gasteiger partial charge in [0.05, 0.1) is 13.2 Å². The molecule has 7 heteroatoms. The average molecular weight is 320 g/mol. The van der Waals surface area contributed by atoms with Gasteiger partial charge in [-0.1, -0.05) is 39.0 Å². The van der Waals surface area contributed by atoms with E-state index in [0.717, 1.165) is 32.6 Å². The number of carbonyl (C=O) groups is 1. The van der Waals surface area contributed by atoms with Gasteiger partial charge < -0.3 is 29.9 Å². The summed E-state index contributed by atoms with van der Waals surface area (Å²) in [5.74, 6) is -5.74. The molecule has 0 bridgehead atoms. The van der Waals surface area contributed by atoms with Crippen molar-refractivity contribution in [3.05, 3.63) is 0 Å². The Morgan fingerprint density at radius 1 is 1.18 bits per heavy atom. The molecule has 1 aliphatic heterocycles. The molecule has 1 unspecified atom stereocenters. The zero-order chi connectivity index (χ0) is 16.8. The molecule has 0 aromatic carbocycles. The standard InChI is InChI=1S/C15H28O7/c1-3-4-5-6-7-8-9-21-15(20)12(10-16)22-14(19,11(2)17)13(15)18/h12-13,16,18-20H,3-10H2,1-2H3/t12-,13+,14?,15-/m1/s1. The van der Waals surface area contributed by atoms with Gasteiger partial charge in [0.1, 0.15) is 6.10 Å². The average Bonchev–Trinajstić information content (AvgIpc) is 2.69. The van der Waals surface area contributed by atoms with Gasteiger partial charge >= 0.3 is 0 Å². The van der Waals surface area contributed by atoms with Crippen LogP contribution < -0.4 is 0 Å². The molecule has 22 heavy (non-hydrogen) atoms. The molecule has 1 heterocycles. The second kappa shape index (κ2) is 8.33. The topological polar surface area (TPSA) is 116 Å². The van der Waals surface area contributed by atoms with Crippen LogP contribution in [0.25, 0.3) is 0 Å². The van der Waals surface area contributed by atoms with Gasteiger partial charge in [-0.3, -0.25) is 4.79 Å². The summed E-state index contributed by atoms with van der Waals surface area (Å²) in [6.45, 7) is 2.59. The van der Waals surface area contributed by atoms with Crippen molar-refractivity contribution in [2.24, 2.45) is 0 Å². The third kappa shape index (κ3) is 4.04. The fourth-order valence-electron chi connectivity index (χ4n) is 2.56. The predicted octanol–water partition coefficient (Wildman–Crippen LogP) is 0.0817. The summed E-state index contributed by atoms with van der Waals surface area (Å²) in [6, 6.07) is 0. The Balaban J connectivity index is 2.53. The lowest BCUT2D eigenvalue weighted by atomic mass is 9.98. The van der Waals surface area contributed by atoms with Crippen LogP contribution >= 0.6 is 0 Å². The Morgan fingerprint density at radius 2 is 1.77 bits per heavy atom. The smallest absolute Gasteiger partial charge is 0.259 e. The van der Waals surface area contributed by atoms with Crippen LogP contribution in [0.3, 0.4) is 0 Å². The van der Waals surface area contributed by atoms with E-state index in [4.69, 9.17) is 9.47 Å². The molecular weight excluding hydrogens is 292 g/mol. The second-order valence-corrected chi connectivity index (χ2v) is 5.81. The van der Waals surface area contributed by atoms with Gasteiger partial charge in [-0.2, -0.15) is 0 Å². The van der Waals surface area contributed by atoms with E-state index in [1.807, 2.05) is 0 Å². The summed E-state index contributed by atoms with van der Waals surface area (Å²) in [7, 11) is 0. The third-order valence-corrected chi connectivity index (χ3v) is 4.05. The van der Waals surface area contributed by atoms with E-state index < -0.39 is 36.2 Å². The van der Waals surface area contributed by atoms with Crippen molar-refractivity contribution in [2.75, 3.05) is 13.2 Å². The van der Waals surface area contributed by atoms with Gasteiger partial charge in [0, 0.05) is 6.92 Å². The first-order chi connectivity index (χ1) is 10.3. The Morgan fingerprint density at radius 3 is 2.32 bits per heavy atom. The molecule has 1 saturated heterocycles. The Kier molecular flexibility index (Phi) is 7.37. The molecule has 0 saturated carbocycles. The minimum Gasteiger partial charge on any atom is -0.393 e. The van der Waals surface area contributed by atoms with E-state index in [9.17, 15) is 25.2 Å². The quantitative estimate of drug-likeness (QED) is 0.333. The van der Waals surface area contributed by atoms with E-state index in [1.54, 1.807) is 0 Å². The van der Waals surface area contributed by atoms with Crippen LogP contribution in [-0.4, -0.2) is 63.2 Å². The maximum Gasteiger partial charge on any atom is 0.259 e. The summed E-state index contributed by atoms with van der Waals surface area (Å²) >= 11 is 0. The van der Waals surface area contributed by atoms with E-state index in [2.05, 4.69) is 6.92 Å². The Labute approximate surface area is 130 Å². The first-order valence-corrected chi connectivity index (χ1v) is 7.89. The molecule has 0 aromatic rings. The van der Waals surface area contributed by atoms with Crippen LogP contribution in [0.1, 0.15) is 52.4 Å². The molecule has 1 rings (SSSR count). The van der Waals surface area contributed by atoms with Crippen molar-refractivity contribution in [2.45, 2.75) is 76.2 Å². The maximum absolute atomic E-state index is 11.4. The van der Waals surface area contributed by atoms with Crippen molar-refractivity contribution in [3.63, 3.8) is 0 Å².